The SMILES string of the molecule is CC(OCC1CCCCO1)C(=O)N1CCc2sccc2C1c1cccs1. The molecule has 1 fully saturated rings. The quantitative estimate of drug-likeness (QED) is 0.764. The van der Waals surface area contributed by atoms with Gasteiger partial charge >= 0.3 is 0 Å². The van der Waals surface area contributed by atoms with Crippen LogP contribution in [0.15, 0.2) is 29.0 Å². The Kier molecular flexibility index (Phi) is 5.74. The normalized spacial score (nSPS) is 24.3. The maximum absolute atomic E-state index is 13.2. The summed E-state index contributed by atoms with van der Waals surface area (Å²) in [6, 6.07) is 6.38. The van der Waals surface area contributed by atoms with Crippen LogP contribution in [0.2, 0.25) is 0 Å². The Morgan fingerprint density at radius 2 is 2.27 bits per heavy atom. The molecular formula is C20H25NO3S2. The first kappa shape index (κ1) is 18.2. The van der Waals surface area contributed by atoms with Crippen molar-refractivity contribution in [3.63, 3.8) is 0 Å². The highest BCUT2D eigenvalue weighted by molar-refractivity contribution is 7.10. The molecule has 1 saturated heterocycles. The van der Waals surface area contributed by atoms with Gasteiger partial charge in [-0.25, -0.2) is 0 Å². The number of fused-ring (bicyclic) bond motifs is 1. The van der Waals surface area contributed by atoms with Gasteiger partial charge in [-0.3, -0.25) is 4.79 Å². The van der Waals surface area contributed by atoms with Crippen molar-refractivity contribution in [2.24, 2.45) is 0 Å². The number of hydrogen-bond donors (Lipinski definition) is 0. The van der Waals surface area contributed by atoms with Crippen molar-refractivity contribution in [3.8, 4) is 0 Å². The van der Waals surface area contributed by atoms with E-state index in [0.717, 1.165) is 32.4 Å². The van der Waals surface area contributed by atoms with Gasteiger partial charge in [-0.05, 0) is 61.1 Å². The second-order valence-corrected chi connectivity index (χ2v) is 8.94. The first-order chi connectivity index (χ1) is 12.7. The molecule has 0 spiro atoms. The second kappa shape index (κ2) is 8.21. The molecule has 4 rings (SSSR count). The fourth-order valence-electron chi connectivity index (χ4n) is 3.80. The van der Waals surface area contributed by atoms with E-state index < -0.39 is 6.10 Å². The third-order valence-corrected chi connectivity index (χ3v) is 7.14. The van der Waals surface area contributed by atoms with E-state index in [2.05, 4.69) is 29.0 Å². The molecule has 0 bridgehead atoms. The zero-order chi connectivity index (χ0) is 17.9. The minimum atomic E-state index is -0.442. The maximum Gasteiger partial charge on any atom is 0.252 e. The lowest BCUT2D eigenvalue weighted by molar-refractivity contribution is -0.148. The van der Waals surface area contributed by atoms with E-state index in [4.69, 9.17) is 9.47 Å². The summed E-state index contributed by atoms with van der Waals surface area (Å²) in [4.78, 5) is 17.8. The van der Waals surface area contributed by atoms with Crippen molar-refractivity contribution in [1.29, 1.82) is 0 Å². The van der Waals surface area contributed by atoms with Gasteiger partial charge in [-0.2, -0.15) is 0 Å². The predicted octanol–water partition coefficient (Wildman–Crippen LogP) is 4.26. The fourth-order valence-corrected chi connectivity index (χ4v) is 5.56. The molecule has 0 saturated carbocycles. The molecule has 0 aliphatic carbocycles. The molecule has 6 heteroatoms. The summed E-state index contributed by atoms with van der Waals surface area (Å²) in [6.45, 7) is 3.94. The first-order valence-corrected chi connectivity index (χ1v) is 11.1. The molecular weight excluding hydrogens is 366 g/mol. The number of ether oxygens (including phenoxy) is 2. The Balaban J connectivity index is 1.47. The molecule has 0 aromatic carbocycles. The molecule has 26 heavy (non-hydrogen) atoms. The third-order valence-electron chi connectivity index (χ3n) is 5.22. The van der Waals surface area contributed by atoms with Gasteiger partial charge in [-0.15, -0.1) is 22.7 Å². The van der Waals surface area contributed by atoms with Crippen LogP contribution < -0.4 is 0 Å². The Hall–Kier alpha value is -1.21. The summed E-state index contributed by atoms with van der Waals surface area (Å²) in [5.41, 5.74) is 1.28. The topological polar surface area (TPSA) is 38.8 Å². The Labute approximate surface area is 162 Å². The Morgan fingerprint density at radius 1 is 1.35 bits per heavy atom. The summed E-state index contributed by atoms with van der Waals surface area (Å²) in [5.74, 6) is 0.0797. The highest BCUT2D eigenvalue weighted by Gasteiger charge is 2.35. The van der Waals surface area contributed by atoms with Crippen molar-refractivity contribution < 1.29 is 14.3 Å². The zero-order valence-electron chi connectivity index (χ0n) is 15.1. The molecule has 2 aliphatic heterocycles. The van der Waals surface area contributed by atoms with Gasteiger partial charge in [0.25, 0.3) is 5.91 Å². The molecule has 1 amide bonds. The average Bonchev–Trinajstić information content (AvgIpc) is 3.37. The van der Waals surface area contributed by atoms with Crippen LogP contribution in [-0.4, -0.2) is 42.8 Å². The molecule has 3 unspecified atom stereocenters. The Morgan fingerprint density at radius 3 is 3.04 bits per heavy atom. The minimum absolute atomic E-state index is 0.0227. The van der Waals surface area contributed by atoms with E-state index in [9.17, 15) is 4.79 Å². The van der Waals surface area contributed by atoms with E-state index in [1.807, 2.05) is 11.8 Å². The van der Waals surface area contributed by atoms with Crippen molar-refractivity contribution >= 4 is 28.6 Å². The largest absolute Gasteiger partial charge is 0.376 e. The zero-order valence-corrected chi connectivity index (χ0v) is 16.7. The first-order valence-electron chi connectivity index (χ1n) is 9.37. The highest BCUT2D eigenvalue weighted by Crippen LogP contribution is 2.39. The molecule has 2 aromatic rings. The van der Waals surface area contributed by atoms with E-state index in [-0.39, 0.29) is 18.1 Å². The minimum Gasteiger partial charge on any atom is -0.376 e. The third kappa shape index (κ3) is 3.74. The maximum atomic E-state index is 13.2. The molecule has 3 atom stereocenters. The number of carbonyl (C=O) groups is 1. The van der Waals surface area contributed by atoms with Gasteiger partial charge in [0.15, 0.2) is 0 Å². The van der Waals surface area contributed by atoms with Gasteiger partial charge in [0.1, 0.15) is 6.10 Å². The van der Waals surface area contributed by atoms with Crippen LogP contribution in [0.5, 0.6) is 0 Å². The van der Waals surface area contributed by atoms with Gasteiger partial charge in [0.05, 0.1) is 18.8 Å². The lowest BCUT2D eigenvalue weighted by Crippen LogP contribution is -2.45. The van der Waals surface area contributed by atoms with Crippen LogP contribution in [0.3, 0.4) is 0 Å². The Bertz CT molecular complexity index is 721. The second-order valence-electron chi connectivity index (χ2n) is 6.96. The van der Waals surface area contributed by atoms with E-state index in [0.29, 0.717) is 6.61 Å². The molecule has 4 heterocycles. The number of thiophene rings is 2. The summed E-state index contributed by atoms with van der Waals surface area (Å²) < 4.78 is 11.6. The number of rotatable bonds is 5. The van der Waals surface area contributed by atoms with E-state index in [1.54, 1.807) is 22.7 Å². The summed E-state index contributed by atoms with van der Waals surface area (Å²) in [7, 11) is 0. The number of carbonyl (C=O) groups excluding carboxylic acids is 1. The average molecular weight is 392 g/mol. The lowest BCUT2D eigenvalue weighted by atomic mass is 9.98. The molecule has 2 aromatic heterocycles. The summed E-state index contributed by atoms with van der Waals surface area (Å²) >= 11 is 3.51. The predicted molar refractivity (Wildman–Crippen MR) is 105 cm³/mol. The molecule has 4 nitrogen and oxygen atoms in total. The molecule has 140 valence electrons. The van der Waals surface area contributed by atoms with Crippen molar-refractivity contribution in [1.82, 2.24) is 4.90 Å². The monoisotopic (exact) mass is 391 g/mol. The lowest BCUT2D eigenvalue weighted by Gasteiger charge is -2.37. The number of hydrogen-bond acceptors (Lipinski definition) is 5. The van der Waals surface area contributed by atoms with Crippen molar-refractivity contribution in [2.45, 2.75) is 50.9 Å². The van der Waals surface area contributed by atoms with Gasteiger partial charge in [0, 0.05) is 22.9 Å². The summed E-state index contributed by atoms with van der Waals surface area (Å²) in [5, 5.41) is 4.22. The standard InChI is InChI=1S/C20H25NO3S2/c1-14(24-13-15-5-2-3-10-23-15)20(22)21-9-7-17-16(8-12-26-17)19(21)18-6-4-11-25-18/h4,6,8,11-12,14-15,19H,2-3,5,7,9-10,13H2,1H3. The number of amides is 1. The van der Waals surface area contributed by atoms with Crippen molar-refractivity contribution in [3.05, 3.63) is 44.3 Å². The molecule has 2 aliphatic rings. The van der Waals surface area contributed by atoms with Gasteiger partial charge in [-0.1, -0.05) is 6.07 Å². The number of nitrogens with zero attached hydrogens (tertiary/aromatic N) is 1. The molecule has 0 N–H and O–H groups in total. The van der Waals surface area contributed by atoms with E-state index in [1.165, 1.54) is 21.7 Å². The van der Waals surface area contributed by atoms with Crippen LogP contribution in [0.4, 0.5) is 0 Å². The summed E-state index contributed by atoms with van der Waals surface area (Å²) in [6.07, 6.45) is 3.97. The fraction of sp³-hybridized carbons (Fsp3) is 0.550. The van der Waals surface area contributed by atoms with Gasteiger partial charge in [0.2, 0.25) is 0 Å². The van der Waals surface area contributed by atoms with Crippen LogP contribution >= 0.6 is 22.7 Å². The smallest absolute Gasteiger partial charge is 0.252 e. The van der Waals surface area contributed by atoms with Crippen molar-refractivity contribution in [2.75, 3.05) is 19.8 Å². The van der Waals surface area contributed by atoms with Crippen LogP contribution in [-0.2, 0) is 20.7 Å². The van der Waals surface area contributed by atoms with Crippen LogP contribution in [0.1, 0.15) is 47.5 Å². The van der Waals surface area contributed by atoms with Gasteiger partial charge < -0.3 is 14.4 Å². The van der Waals surface area contributed by atoms with Crippen LogP contribution in [0, 0.1) is 0 Å². The molecule has 0 radical (unpaired) electrons. The highest BCUT2D eigenvalue weighted by atomic mass is 32.1. The van der Waals surface area contributed by atoms with E-state index >= 15 is 0 Å². The van der Waals surface area contributed by atoms with Crippen LogP contribution in [0.25, 0.3) is 0 Å².